The van der Waals surface area contributed by atoms with Gasteiger partial charge in [0.05, 0.1) is 18.5 Å². The van der Waals surface area contributed by atoms with Crippen LogP contribution in [0.4, 0.5) is 0 Å². The molecule has 0 aliphatic heterocycles. The van der Waals surface area contributed by atoms with Crippen LogP contribution in [0.1, 0.15) is 32.6 Å². The minimum atomic E-state index is -0.249. The summed E-state index contributed by atoms with van der Waals surface area (Å²) < 4.78 is 4.65. The van der Waals surface area contributed by atoms with Crippen molar-refractivity contribution in [2.75, 3.05) is 7.11 Å². The summed E-state index contributed by atoms with van der Waals surface area (Å²) in [5, 5.41) is 9.74. The third-order valence-electron chi connectivity index (χ3n) is 2.58. The van der Waals surface area contributed by atoms with E-state index >= 15 is 0 Å². The third-order valence-corrected chi connectivity index (χ3v) is 4.08. The number of methoxy groups -OCH3 is 1. The highest BCUT2D eigenvalue weighted by Gasteiger charge is 2.27. The quantitative estimate of drug-likeness (QED) is 0.731. The Labute approximate surface area is 89.2 Å². The van der Waals surface area contributed by atoms with E-state index in [1.807, 2.05) is 6.92 Å². The Morgan fingerprint density at radius 3 is 2.71 bits per heavy atom. The molecule has 1 N–H and O–H groups in total. The van der Waals surface area contributed by atoms with Crippen LogP contribution < -0.4 is 0 Å². The summed E-state index contributed by atoms with van der Waals surface area (Å²) in [5.41, 5.74) is 0. The maximum absolute atomic E-state index is 11.2. The number of carbonyl (C=O) groups excluding carboxylic acids is 1. The average molecular weight is 218 g/mol. The van der Waals surface area contributed by atoms with E-state index in [1.165, 1.54) is 18.9 Å². The fraction of sp³-hybridized carbons (Fsp3) is 0.900. The van der Waals surface area contributed by atoms with Crippen LogP contribution in [0.3, 0.4) is 0 Å². The van der Waals surface area contributed by atoms with Crippen LogP contribution in [0, 0.1) is 0 Å². The molecule has 0 spiro atoms. The predicted octanol–water partition coefficient (Wildman–Crippen LogP) is 1.58. The van der Waals surface area contributed by atoms with E-state index in [0.29, 0.717) is 0 Å². The van der Waals surface area contributed by atoms with Crippen LogP contribution in [0.15, 0.2) is 0 Å². The van der Waals surface area contributed by atoms with Gasteiger partial charge in [-0.3, -0.25) is 4.79 Å². The summed E-state index contributed by atoms with van der Waals surface area (Å²) in [7, 11) is 1.40. The molecule has 1 fully saturated rings. The van der Waals surface area contributed by atoms with E-state index in [1.54, 1.807) is 0 Å². The molecule has 82 valence electrons. The zero-order valence-electron chi connectivity index (χ0n) is 8.73. The lowest BCUT2D eigenvalue weighted by atomic mass is 9.97. The van der Waals surface area contributed by atoms with Gasteiger partial charge in [0.1, 0.15) is 0 Å². The van der Waals surface area contributed by atoms with Crippen molar-refractivity contribution in [3.05, 3.63) is 0 Å². The van der Waals surface area contributed by atoms with Crippen molar-refractivity contribution in [1.82, 2.24) is 0 Å². The number of hydrogen-bond donors (Lipinski definition) is 1. The molecule has 3 nitrogen and oxygen atoms in total. The number of esters is 1. The molecule has 1 saturated carbocycles. The number of rotatable bonds is 3. The fourth-order valence-corrected chi connectivity index (χ4v) is 3.07. The molecule has 0 saturated heterocycles. The highest BCUT2D eigenvalue weighted by atomic mass is 32.2. The summed E-state index contributed by atoms with van der Waals surface area (Å²) in [5.74, 6) is -0.201. The van der Waals surface area contributed by atoms with Crippen LogP contribution in [0.5, 0.6) is 0 Å². The topological polar surface area (TPSA) is 46.5 Å². The molecule has 4 heteroatoms. The lowest BCUT2D eigenvalue weighted by Crippen LogP contribution is -2.30. The smallest absolute Gasteiger partial charge is 0.318 e. The number of thioether (sulfide) groups is 1. The number of aliphatic hydroxyl groups is 1. The van der Waals surface area contributed by atoms with Crippen LogP contribution >= 0.6 is 11.8 Å². The van der Waals surface area contributed by atoms with E-state index in [9.17, 15) is 9.90 Å². The van der Waals surface area contributed by atoms with Gasteiger partial charge in [-0.05, 0) is 19.8 Å². The van der Waals surface area contributed by atoms with Crippen molar-refractivity contribution < 1.29 is 14.6 Å². The van der Waals surface area contributed by atoms with Crippen LogP contribution in [-0.4, -0.2) is 34.8 Å². The van der Waals surface area contributed by atoms with Gasteiger partial charge in [-0.15, -0.1) is 11.8 Å². The Balaban J connectivity index is 2.38. The van der Waals surface area contributed by atoms with Gasteiger partial charge in [0.2, 0.25) is 0 Å². The maximum Gasteiger partial charge on any atom is 0.318 e. The molecule has 1 rings (SSSR count). The van der Waals surface area contributed by atoms with Crippen LogP contribution in [-0.2, 0) is 9.53 Å². The molecule has 0 aromatic carbocycles. The first-order valence-corrected chi connectivity index (χ1v) is 6.00. The van der Waals surface area contributed by atoms with Crippen LogP contribution in [0.2, 0.25) is 0 Å². The first-order valence-electron chi connectivity index (χ1n) is 5.06. The molecule has 0 bridgehead atoms. The number of aliphatic hydroxyl groups excluding tert-OH is 1. The Morgan fingerprint density at radius 2 is 2.14 bits per heavy atom. The fourth-order valence-electron chi connectivity index (χ4n) is 1.72. The highest BCUT2D eigenvalue weighted by molar-refractivity contribution is 8.01. The van der Waals surface area contributed by atoms with Gasteiger partial charge in [-0.25, -0.2) is 0 Å². The molecule has 0 heterocycles. The van der Waals surface area contributed by atoms with E-state index < -0.39 is 0 Å². The first kappa shape index (κ1) is 11.9. The Kier molecular flexibility index (Phi) is 4.75. The average Bonchev–Trinajstić information content (AvgIpc) is 2.20. The molecule has 0 amide bonds. The monoisotopic (exact) mass is 218 g/mol. The SMILES string of the molecule is COC(=O)C(C)SC1CCCCC1O. The molecular formula is C10H18O3S. The Hall–Kier alpha value is -0.220. The van der Waals surface area contributed by atoms with E-state index in [2.05, 4.69) is 4.74 Å². The molecular weight excluding hydrogens is 200 g/mol. The molecule has 1 aliphatic rings. The highest BCUT2D eigenvalue weighted by Crippen LogP contribution is 2.31. The Morgan fingerprint density at radius 1 is 1.50 bits per heavy atom. The standard InChI is InChI=1S/C10H18O3S/c1-7(10(12)13-2)14-9-6-4-3-5-8(9)11/h7-9,11H,3-6H2,1-2H3. The Bertz CT molecular complexity index is 196. The summed E-state index contributed by atoms with van der Waals surface area (Å²) in [6.45, 7) is 1.83. The van der Waals surface area contributed by atoms with Gasteiger partial charge in [0.15, 0.2) is 0 Å². The second kappa shape index (κ2) is 5.61. The van der Waals surface area contributed by atoms with Crippen molar-refractivity contribution in [1.29, 1.82) is 0 Å². The van der Waals surface area contributed by atoms with Crippen molar-refractivity contribution in [3.63, 3.8) is 0 Å². The summed E-state index contributed by atoms with van der Waals surface area (Å²) in [6.07, 6.45) is 3.88. The molecule has 3 atom stereocenters. The third kappa shape index (κ3) is 3.17. The lowest BCUT2D eigenvalue weighted by Gasteiger charge is -2.28. The second-order valence-electron chi connectivity index (χ2n) is 3.69. The normalized spacial score (nSPS) is 29.6. The van der Waals surface area contributed by atoms with Gasteiger partial charge < -0.3 is 9.84 Å². The minimum absolute atomic E-state index is 0.169. The van der Waals surface area contributed by atoms with E-state index in [4.69, 9.17) is 0 Å². The van der Waals surface area contributed by atoms with Crippen molar-refractivity contribution in [2.24, 2.45) is 0 Å². The van der Waals surface area contributed by atoms with Crippen molar-refractivity contribution in [2.45, 2.75) is 49.2 Å². The number of carbonyl (C=O) groups is 1. The van der Waals surface area contributed by atoms with Crippen LogP contribution in [0.25, 0.3) is 0 Å². The van der Waals surface area contributed by atoms with Gasteiger partial charge in [-0.1, -0.05) is 12.8 Å². The maximum atomic E-state index is 11.2. The largest absolute Gasteiger partial charge is 0.468 e. The minimum Gasteiger partial charge on any atom is -0.468 e. The van der Waals surface area contributed by atoms with Gasteiger partial charge in [-0.2, -0.15) is 0 Å². The number of ether oxygens (including phenoxy) is 1. The molecule has 0 aromatic heterocycles. The van der Waals surface area contributed by atoms with E-state index in [0.717, 1.165) is 25.7 Å². The molecule has 1 aliphatic carbocycles. The summed E-state index contributed by atoms with van der Waals surface area (Å²) >= 11 is 1.54. The summed E-state index contributed by atoms with van der Waals surface area (Å²) in [4.78, 5) is 11.2. The number of hydrogen-bond acceptors (Lipinski definition) is 4. The zero-order chi connectivity index (χ0) is 10.6. The van der Waals surface area contributed by atoms with Crippen molar-refractivity contribution in [3.8, 4) is 0 Å². The van der Waals surface area contributed by atoms with E-state index in [-0.39, 0.29) is 22.6 Å². The van der Waals surface area contributed by atoms with Gasteiger partial charge >= 0.3 is 5.97 Å². The molecule has 3 unspecified atom stereocenters. The first-order chi connectivity index (χ1) is 6.65. The summed E-state index contributed by atoms with van der Waals surface area (Å²) in [6, 6.07) is 0. The second-order valence-corrected chi connectivity index (χ2v) is 5.28. The predicted molar refractivity (Wildman–Crippen MR) is 57.3 cm³/mol. The zero-order valence-corrected chi connectivity index (χ0v) is 9.55. The molecule has 0 aromatic rings. The molecule has 14 heavy (non-hydrogen) atoms. The van der Waals surface area contributed by atoms with Crippen molar-refractivity contribution >= 4 is 17.7 Å². The van der Waals surface area contributed by atoms with Gasteiger partial charge in [0, 0.05) is 5.25 Å². The molecule has 0 radical (unpaired) electrons. The van der Waals surface area contributed by atoms with Gasteiger partial charge in [0.25, 0.3) is 0 Å². The lowest BCUT2D eigenvalue weighted by molar-refractivity contribution is -0.139.